The summed E-state index contributed by atoms with van der Waals surface area (Å²) in [5.74, 6) is 0. The van der Waals surface area contributed by atoms with E-state index in [0.29, 0.717) is 0 Å². The van der Waals surface area contributed by atoms with Crippen LogP contribution < -0.4 is 0 Å². The molecule has 0 aliphatic carbocycles. The number of benzene rings is 1. The van der Waals surface area contributed by atoms with Gasteiger partial charge in [0.25, 0.3) is 0 Å². The molecule has 1 aromatic carbocycles. The molecule has 62 valence electrons. The lowest BCUT2D eigenvalue weighted by atomic mass is 10.1. The summed E-state index contributed by atoms with van der Waals surface area (Å²) in [6, 6.07) is 6.59. The smallest absolute Gasteiger partial charge is 0.0128 e. The van der Waals surface area contributed by atoms with Crippen molar-refractivity contribution in [1.29, 1.82) is 0 Å². The summed E-state index contributed by atoms with van der Waals surface area (Å²) in [6.07, 6.45) is 1.06. The summed E-state index contributed by atoms with van der Waals surface area (Å²) in [7, 11) is 2.73. The van der Waals surface area contributed by atoms with Crippen LogP contribution in [0.15, 0.2) is 18.2 Å². The van der Waals surface area contributed by atoms with Crippen molar-refractivity contribution < 1.29 is 0 Å². The molecule has 0 nitrogen and oxygen atoms in total. The first-order valence-corrected chi connectivity index (χ1v) is 4.32. The zero-order chi connectivity index (χ0) is 7.56. The number of rotatable bonds is 1. The van der Waals surface area contributed by atoms with E-state index in [-0.39, 0.29) is 12.4 Å². The van der Waals surface area contributed by atoms with E-state index in [2.05, 4.69) is 41.3 Å². The second-order valence-electron chi connectivity index (χ2n) is 2.62. The second-order valence-corrected chi connectivity index (χ2v) is 3.03. The highest BCUT2D eigenvalue weighted by molar-refractivity contribution is 7.15. The Balaban J connectivity index is 0.000001000. The van der Waals surface area contributed by atoms with Crippen molar-refractivity contribution in [3.8, 4) is 0 Å². The molecule has 0 aliphatic heterocycles. The van der Waals surface area contributed by atoms with E-state index in [9.17, 15) is 0 Å². The van der Waals surface area contributed by atoms with Gasteiger partial charge in [0.2, 0.25) is 0 Å². The molecule has 1 atom stereocenters. The Morgan fingerprint density at radius 1 is 1.18 bits per heavy atom. The van der Waals surface area contributed by atoms with Crippen LogP contribution in [0.1, 0.15) is 16.7 Å². The molecule has 1 rings (SSSR count). The van der Waals surface area contributed by atoms with Crippen LogP contribution in [-0.2, 0) is 6.16 Å². The quantitative estimate of drug-likeness (QED) is 0.595. The molecule has 0 aromatic heterocycles. The van der Waals surface area contributed by atoms with Crippen LogP contribution in [0, 0.1) is 13.8 Å². The van der Waals surface area contributed by atoms with Crippen molar-refractivity contribution in [1.82, 2.24) is 0 Å². The van der Waals surface area contributed by atoms with Gasteiger partial charge in [0, 0.05) is 0 Å². The Hall–Kier alpha value is -0.0600. The van der Waals surface area contributed by atoms with Gasteiger partial charge >= 0.3 is 0 Å². The minimum absolute atomic E-state index is 0. The van der Waals surface area contributed by atoms with Gasteiger partial charge < -0.3 is 0 Å². The SMILES string of the molecule is Cc1ccc(CP)cc1C.Cl. The maximum absolute atomic E-state index is 2.73. The first-order chi connectivity index (χ1) is 4.74. The topological polar surface area (TPSA) is 0 Å². The van der Waals surface area contributed by atoms with E-state index in [4.69, 9.17) is 0 Å². The highest BCUT2D eigenvalue weighted by Crippen LogP contribution is 2.11. The van der Waals surface area contributed by atoms with E-state index < -0.39 is 0 Å². The summed E-state index contributed by atoms with van der Waals surface area (Å²) >= 11 is 0. The molecular weight excluding hydrogens is 175 g/mol. The van der Waals surface area contributed by atoms with E-state index in [0.717, 1.165) is 6.16 Å². The van der Waals surface area contributed by atoms with Crippen molar-refractivity contribution in [3.05, 3.63) is 34.9 Å². The van der Waals surface area contributed by atoms with Crippen LogP contribution in [0.25, 0.3) is 0 Å². The number of hydrogen-bond donors (Lipinski definition) is 0. The molecule has 0 heterocycles. The third-order valence-electron chi connectivity index (χ3n) is 1.81. The average molecular weight is 189 g/mol. The molecule has 0 bridgehead atoms. The van der Waals surface area contributed by atoms with Crippen molar-refractivity contribution in [2.24, 2.45) is 0 Å². The van der Waals surface area contributed by atoms with Crippen molar-refractivity contribution >= 4 is 21.6 Å². The van der Waals surface area contributed by atoms with Gasteiger partial charge in [0.1, 0.15) is 0 Å². The van der Waals surface area contributed by atoms with Gasteiger partial charge in [0.15, 0.2) is 0 Å². The van der Waals surface area contributed by atoms with Gasteiger partial charge in [-0.05, 0) is 36.7 Å². The van der Waals surface area contributed by atoms with Gasteiger partial charge in [-0.2, -0.15) is 0 Å². The lowest BCUT2D eigenvalue weighted by Gasteiger charge is -2.01. The van der Waals surface area contributed by atoms with Gasteiger partial charge in [0.05, 0.1) is 0 Å². The molecule has 0 spiro atoms. The van der Waals surface area contributed by atoms with Crippen LogP contribution in [0.2, 0.25) is 0 Å². The normalized spacial score (nSPS) is 9.00. The molecule has 2 heteroatoms. The molecule has 0 saturated carbocycles. The zero-order valence-corrected chi connectivity index (χ0v) is 8.90. The first kappa shape index (κ1) is 10.9. The maximum Gasteiger partial charge on any atom is -0.0128 e. The largest absolute Gasteiger partial charge is 0.147 e. The summed E-state index contributed by atoms with van der Waals surface area (Å²) < 4.78 is 0. The fraction of sp³-hybridized carbons (Fsp3) is 0.333. The number of hydrogen-bond acceptors (Lipinski definition) is 0. The predicted octanol–water partition coefficient (Wildman–Crippen LogP) is 3.10. The Morgan fingerprint density at radius 3 is 2.27 bits per heavy atom. The standard InChI is InChI=1S/C9H13P.ClH/c1-7-3-4-9(6-10)5-8(7)2;/h3-5H,6,10H2,1-2H3;1H. The highest BCUT2D eigenvalue weighted by Gasteiger charge is 1.92. The average Bonchev–Trinajstić information content (AvgIpc) is 1.95. The van der Waals surface area contributed by atoms with E-state index in [1.807, 2.05) is 0 Å². The third kappa shape index (κ3) is 2.81. The second kappa shape index (κ2) is 4.74. The van der Waals surface area contributed by atoms with E-state index >= 15 is 0 Å². The minimum atomic E-state index is 0. The fourth-order valence-corrected chi connectivity index (χ4v) is 1.18. The Kier molecular flexibility index (Phi) is 4.72. The summed E-state index contributed by atoms with van der Waals surface area (Å²) in [4.78, 5) is 0. The van der Waals surface area contributed by atoms with Gasteiger partial charge in [-0.15, -0.1) is 21.6 Å². The minimum Gasteiger partial charge on any atom is -0.147 e. The van der Waals surface area contributed by atoms with Crippen LogP contribution in [0.5, 0.6) is 0 Å². The zero-order valence-electron chi connectivity index (χ0n) is 6.92. The summed E-state index contributed by atoms with van der Waals surface area (Å²) in [6.45, 7) is 4.29. The summed E-state index contributed by atoms with van der Waals surface area (Å²) in [5, 5.41) is 0. The molecule has 0 amide bonds. The lowest BCUT2D eigenvalue weighted by molar-refractivity contribution is 1.29. The molecule has 0 radical (unpaired) electrons. The van der Waals surface area contributed by atoms with Gasteiger partial charge in [-0.25, -0.2) is 0 Å². The van der Waals surface area contributed by atoms with Crippen LogP contribution >= 0.6 is 21.6 Å². The van der Waals surface area contributed by atoms with Crippen LogP contribution in [0.3, 0.4) is 0 Å². The molecule has 0 fully saturated rings. The lowest BCUT2D eigenvalue weighted by Crippen LogP contribution is -1.82. The Morgan fingerprint density at radius 2 is 1.82 bits per heavy atom. The third-order valence-corrected chi connectivity index (χ3v) is 2.28. The maximum atomic E-state index is 2.73. The molecular formula is C9H14ClP. The molecule has 1 unspecified atom stereocenters. The number of halogens is 1. The van der Waals surface area contributed by atoms with Crippen LogP contribution in [-0.4, -0.2) is 0 Å². The van der Waals surface area contributed by atoms with Crippen molar-refractivity contribution in [2.45, 2.75) is 20.0 Å². The first-order valence-electron chi connectivity index (χ1n) is 3.50. The highest BCUT2D eigenvalue weighted by atomic mass is 35.5. The van der Waals surface area contributed by atoms with Crippen molar-refractivity contribution in [3.63, 3.8) is 0 Å². The molecule has 0 aliphatic rings. The molecule has 1 aromatic rings. The Bertz CT molecular complexity index is 233. The predicted molar refractivity (Wildman–Crippen MR) is 56.6 cm³/mol. The van der Waals surface area contributed by atoms with E-state index in [1.54, 1.807) is 0 Å². The van der Waals surface area contributed by atoms with Gasteiger partial charge in [-0.1, -0.05) is 18.2 Å². The van der Waals surface area contributed by atoms with Crippen molar-refractivity contribution in [2.75, 3.05) is 0 Å². The van der Waals surface area contributed by atoms with Crippen LogP contribution in [0.4, 0.5) is 0 Å². The monoisotopic (exact) mass is 188 g/mol. The summed E-state index contributed by atoms with van der Waals surface area (Å²) in [5.41, 5.74) is 4.16. The van der Waals surface area contributed by atoms with E-state index in [1.165, 1.54) is 16.7 Å². The van der Waals surface area contributed by atoms with Gasteiger partial charge in [-0.3, -0.25) is 0 Å². The molecule has 11 heavy (non-hydrogen) atoms. The fourth-order valence-electron chi connectivity index (χ4n) is 0.930. The number of aryl methyl sites for hydroxylation is 2. The Labute approximate surface area is 77.0 Å². The molecule has 0 saturated heterocycles. The molecule has 0 N–H and O–H groups in total.